The van der Waals surface area contributed by atoms with Crippen LogP contribution in [0.3, 0.4) is 0 Å². The zero-order valence-corrected chi connectivity index (χ0v) is 20.4. The smallest absolute Gasteiger partial charge is 0.258 e. The maximum absolute atomic E-state index is 5.82. The number of nitrogens with one attached hydrogen (secondary N) is 1. The Balaban J connectivity index is 1.63. The van der Waals surface area contributed by atoms with E-state index in [1.807, 2.05) is 90.7 Å². The van der Waals surface area contributed by atoms with Crippen molar-refractivity contribution in [1.82, 2.24) is 15.5 Å². The predicted octanol–water partition coefficient (Wildman–Crippen LogP) is 5.62. The van der Waals surface area contributed by atoms with Gasteiger partial charge in [-0.3, -0.25) is 4.90 Å². The molecule has 7 nitrogen and oxygen atoms in total. The molecule has 3 aromatic carbocycles. The Morgan fingerprint density at radius 1 is 0.886 bits per heavy atom. The minimum Gasteiger partial charge on any atom is -0.497 e. The number of benzene rings is 3. The van der Waals surface area contributed by atoms with E-state index in [0.717, 1.165) is 39.6 Å². The molecule has 1 aliphatic rings. The summed E-state index contributed by atoms with van der Waals surface area (Å²) in [5.74, 6) is 2.50. The zero-order valence-electron chi connectivity index (χ0n) is 19.6. The first-order valence-electron chi connectivity index (χ1n) is 11.1. The van der Waals surface area contributed by atoms with Gasteiger partial charge < -0.3 is 19.3 Å². The van der Waals surface area contributed by atoms with Gasteiger partial charge in [0.2, 0.25) is 5.82 Å². The van der Waals surface area contributed by atoms with Crippen LogP contribution in [0.5, 0.6) is 11.5 Å². The number of rotatable bonds is 6. The van der Waals surface area contributed by atoms with Crippen LogP contribution < -0.4 is 19.7 Å². The average molecular weight is 485 g/mol. The van der Waals surface area contributed by atoms with E-state index in [-0.39, 0.29) is 6.04 Å². The van der Waals surface area contributed by atoms with E-state index < -0.39 is 0 Å². The normalized spacial score (nSPS) is 15.7. The summed E-state index contributed by atoms with van der Waals surface area (Å²) >= 11 is 5.82. The first kappa shape index (κ1) is 22.6. The van der Waals surface area contributed by atoms with Crippen molar-refractivity contribution >= 4 is 28.6 Å². The molecule has 1 N–H and O–H groups in total. The van der Waals surface area contributed by atoms with Crippen LogP contribution in [0, 0.1) is 0 Å². The van der Waals surface area contributed by atoms with Gasteiger partial charge in [-0.25, -0.2) is 0 Å². The summed E-state index contributed by atoms with van der Waals surface area (Å²) in [5.41, 5.74) is 4.51. The molecule has 5 rings (SSSR count). The Kier molecular flexibility index (Phi) is 6.20. The average Bonchev–Trinajstić information content (AvgIpc) is 3.39. The van der Waals surface area contributed by atoms with Crippen molar-refractivity contribution in [2.75, 3.05) is 19.1 Å². The molecule has 0 amide bonds. The fourth-order valence-corrected chi connectivity index (χ4v) is 4.51. The van der Waals surface area contributed by atoms with E-state index in [2.05, 4.69) is 10.5 Å². The summed E-state index contributed by atoms with van der Waals surface area (Å²) in [6.45, 7) is 2.01. The maximum Gasteiger partial charge on any atom is 0.258 e. The summed E-state index contributed by atoms with van der Waals surface area (Å²) in [5, 5.41) is 8.30. The number of ether oxygens (including phenoxy) is 2. The highest BCUT2D eigenvalue weighted by molar-refractivity contribution is 7.80. The fraction of sp³-hybridized carbons (Fsp3) is 0.148. The largest absolute Gasteiger partial charge is 0.497 e. The lowest BCUT2D eigenvalue weighted by Gasteiger charge is -2.37. The molecule has 1 aromatic heterocycles. The Bertz CT molecular complexity index is 1370. The summed E-state index contributed by atoms with van der Waals surface area (Å²) in [6, 6.07) is 25.1. The van der Waals surface area contributed by atoms with Gasteiger partial charge in [-0.15, -0.1) is 0 Å². The molecule has 1 aliphatic heterocycles. The molecule has 0 aliphatic carbocycles. The molecule has 0 fully saturated rings. The van der Waals surface area contributed by atoms with Crippen molar-refractivity contribution in [3.63, 3.8) is 0 Å². The molecule has 176 valence electrons. The molecule has 35 heavy (non-hydrogen) atoms. The summed E-state index contributed by atoms with van der Waals surface area (Å²) in [6.07, 6.45) is 0. The summed E-state index contributed by atoms with van der Waals surface area (Å²) in [7, 11) is 3.29. The number of hydrogen-bond donors (Lipinski definition) is 1. The van der Waals surface area contributed by atoms with Crippen molar-refractivity contribution in [3.8, 4) is 22.9 Å². The van der Waals surface area contributed by atoms with E-state index in [1.165, 1.54) is 0 Å². The highest BCUT2D eigenvalue weighted by atomic mass is 32.1. The van der Waals surface area contributed by atoms with Gasteiger partial charge in [0.05, 0.1) is 25.8 Å². The highest BCUT2D eigenvalue weighted by Crippen LogP contribution is 2.39. The second-order valence-corrected chi connectivity index (χ2v) is 8.36. The van der Waals surface area contributed by atoms with Gasteiger partial charge in [-0.1, -0.05) is 47.6 Å². The predicted molar refractivity (Wildman–Crippen MR) is 139 cm³/mol. The van der Waals surface area contributed by atoms with Crippen LogP contribution >= 0.6 is 12.2 Å². The second kappa shape index (κ2) is 9.60. The number of nitrogens with zero attached hydrogens (tertiary/aromatic N) is 3. The highest BCUT2D eigenvalue weighted by Gasteiger charge is 2.34. The van der Waals surface area contributed by atoms with E-state index in [9.17, 15) is 0 Å². The van der Waals surface area contributed by atoms with Gasteiger partial charge in [-0.05, 0) is 61.1 Å². The van der Waals surface area contributed by atoms with Crippen LogP contribution in [0.4, 0.5) is 5.69 Å². The van der Waals surface area contributed by atoms with Gasteiger partial charge in [0.1, 0.15) is 11.5 Å². The lowest BCUT2D eigenvalue weighted by molar-refractivity contribution is 0.404. The molecule has 1 unspecified atom stereocenters. The fourth-order valence-electron chi connectivity index (χ4n) is 4.15. The van der Waals surface area contributed by atoms with Crippen molar-refractivity contribution in [3.05, 3.63) is 96.0 Å². The van der Waals surface area contributed by atoms with Crippen LogP contribution in [0.2, 0.25) is 0 Å². The Morgan fingerprint density at radius 2 is 1.51 bits per heavy atom. The van der Waals surface area contributed by atoms with E-state index in [4.69, 9.17) is 31.2 Å². The van der Waals surface area contributed by atoms with E-state index >= 15 is 0 Å². The third kappa shape index (κ3) is 4.36. The molecule has 4 aromatic rings. The quantitative estimate of drug-likeness (QED) is 0.354. The van der Waals surface area contributed by atoms with Crippen LogP contribution in [0.25, 0.3) is 17.0 Å². The van der Waals surface area contributed by atoms with Crippen LogP contribution in [0.1, 0.15) is 24.4 Å². The number of hydrogen-bond acceptors (Lipinski definition) is 6. The molecular formula is C27H24N4O3S. The minimum atomic E-state index is -0.285. The lowest BCUT2D eigenvalue weighted by Crippen LogP contribution is -2.46. The van der Waals surface area contributed by atoms with E-state index in [0.29, 0.717) is 16.8 Å². The van der Waals surface area contributed by atoms with Gasteiger partial charge in [0.25, 0.3) is 5.89 Å². The summed E-state index contributed by atoms with van der Waals surface area (Å²) < 4.78 is 16.5. The number of anilines is 1. The lowest BCUT2D eigenvalue weighted by atomic mass is 9.94. The van der Waals surface area contributed by atoms with Crippen LogP contribution in [0.15, 0.2) is 89.1 Å². The van der Waals surface area contributed by atoms with Gasteiger partial charge in [0, 0.05) is 16.9 Å². The molecule has 1 atom stereocenters. The Hall–Kier alpha value is -4.17. The molecule has 0 radical (unpaired) electrons. The minimum absolute atomic E-state index is 0.285. The van der Waals surface area contributed by atoms with Crippen molar-refractivity contribution in [2.45, 2.75) is 13.0 Å². The molecule has 2 heterocycles. The van der Waals surface area contributed by atoms with Crippen LogP contribution in [-0.4, -0.2) is 29.5 Å². The van der Waals surface area contributed by atoms with Crippen molar-refractivity contribution in [1.29, 1.82) is 0 Å². The molecule has 0 saturated heterocycles. The first-order valence-corrected chi connectivity index (χ1v) is 11.5. The first-order chi connectivity index (χ1) is 17.1. The second-order valence-electron chi connectivity index (χ2n) is 7.98. The molecule has 0 bridgehead atoms. The maximum atomic E-state index is 5.82. The standard InChI is InChI=1S/C27H24N4O3S/c1-17-23(26-29-25(30-34-26)19-7-5-4-6-8-19)24(18-9-13-21(32-2)14-10-18)28-27(35)31(17)20-11-15-22(33-3)16-12-20/h4-16,24H,1-3H3,(H,28,35). The molecule has 8 heteroatoms. The third-order valence-electron chi connectivity index (χ3n) is 5.95. The molecule has 0 spiro atoms. The topological polar surface area (TPSA) is 72.7 Å². The third-order valence-corrected chi connectivity index (χ3v) is 6.25. The summed E-state index contributed by atoms with van der Waals surface area (Å²) in [4.78, 5) is 6.72. The van der Waals surface area contributed by atoms with Crippen molar-refractivity contribution in [2.24, 2.45) is 0 Å². The zero-order chi connectivity index (χ0) is 24.4. The Labute approximate surface area is 209 Å². The van der Waals surface area contributed by atoms with Crippen molar-refractivity contribution < 1.29 is 14.0 Å². The van der Waals surface area contributed by atoms with Gasteiger partial charge in [0.15, 0.2) is 5.11 Å². The van der Waals surface area contributed by atoms with E-state index in [1.54, 1.807) is 14.2 Å². The van der Waals surface area contributed by atoms with Gasteiger partial charge >= 0.3 is 0 Å². The number of aromatic nitrogens is 2. The number of methoxy groups -OCH3 is 2. The molecular weight excluding hydrogens is 460 g/mol. The monoisotopic (exact) mass is 484 g/mol. The number of thiocarbonyl (C=S) groups is 1. The SMILES string of the molecule is COc1ccc(C2NC(=S)N(c3ccc(OC)cc3)C(C)=C2c2nc(-c3ccccc3)no2)cc1. The van der Waals surface area contributed by atoms with Crippen LogP contribution in [-0.2, 0) is 0 Å². The van der Waals surface area contributed by atoms with Gasteiger partial charge in [-0.2, -0.15) is 4.98 Å². The Morgan fingerprint density at radius 3 is 2.14 bits per heavy atom. The molecule has 0 saturated carbocycles. The number of allylic oxidation sites excluding steroid dienone is 1.